The van der Waals surface area contributed by atoms with E-state index >= 15 is 0 Å². The largest absolute Gasteiger partial charge is 0.384 e. The van der Waals surface area contributed by atoms with E-state index in [1.165, 1.54) is 19.4 Å². The fourth-order valence-corrected chi connectivity index (χ4v) is 2.45. The van der Waals surface area contributed by atoms with Crippen molar-refractivity contribution in [3.8, 4) is 0 Å². The molecule has 0 aromatic carbocycles. The van der Waals surface area contributed by atoms with Crippen LogP contribution in [-0.2, 0) is 4.74 Å². The fraction of sp³-hybridized carbons (Fsp3) is 1.00. The highest BCUT2D eigenvalue weighted by Gasteiger charge is 2.35. The molecule has 3 nitrogen and oxygen atoms in total. The van der Waals surface area contributed by atoms with E-state index in [-0.39, 0.29) is 0 Å². The average molecular weight is 228 g/mol. The van der Waals surface area contributed by atoms with Crippen molar-refractivity contribution in [2.24, 2.45) is 17.6 Å². The molecule has 2 unspecified atom stereocenters. The Bertz CT molecular complexity index is 192. The lowest BCUT2D eigenvalue weighted by atomic mass is 9.99. The van der Waals surface area contributed by atoms with E-state index in [9.17, 15) is 0 Å². The van der Waals surface area contributed by atoms with Gasteiger partial charge in [0, 0.05) is 32.3 Å². The minimum atomic E-state index is 0.481. The molecule has 0 bridgehead atoms. The van der Waals surface area contributed by atoms with E-state index < -0.39 is 0 Å². The zero-order valence-corrected chi connectivity index (χ0v) is 11.3. The molecule has 1 aliphatic rings. The van der Waals surface area contributed by atoms with Gasteiger partial charge in [-0.3, -0.25) is 4.90 Å². The molecule has 0 aromatic rings. The van der Waals surface area contributed by atoms with Crippen LogP contribution in [0.4, 0.5) is 0 Å². The fourth-order valence-electron chi connectivity index (χ4n) is 2.45. The summed E-state index contributed by atoms with van der Waals surface area (Å²) in [5, 5.41) is 0. The van der Waals surface area contributed by atoms with Crippen molar-refractivity contribution in [3.05, 3.63) is 0 Å². The molecule has 1 aliphatic carbocycles. The lowest BCUT2D eigenvalue weighted by molar-refractivity contribution is 0.0732. The predicted octanol–water partition coefficient (Wildman–Crippen LogP) is 1.72. The number of nitrogens with two attached hydrogens (primary N) is 1. The second-order valence-corrected chi connectivity index (χ2v) is 5.56. The Morgan fingerprint density at radius 1 is 1.31 bits per heavy atom. The Morgan fingerprint density at radius 2 is 1.94 bits per heavy atom. The molecule has 0 spiro atoms. The lowest BCUT2D eigenvalue weighted by Crippen LogP contribution is -2.48. The van der Waals surface area contributed by atoms with Gasteiger partial charge < -0.3 is 10.5 Å². The maximum atomic E-state index is 5.95. The molecule has 0 aliphatic heterocycles. The van der Waals surface area contributed by atoms with Crippen molar-refractivity contribution in [3.63, 3.8) is 0 Å². The van der Waals surface area contributed by atoms with E-state index in [0.717, 1.165) is 19.2 Å². The monoisotopic (exact) mass is 228 g/mol. The normalized spacial score (nSPS) is 20.4. The SMILES string of the molecule is COCC(C)C(CN)N(CC(C)C)C1CC1. The minimum Gasteiger partial charge on any atom is -0.384 e. The van der Waals surface area contributed by atoms with E-state index in [1.807, 2.05) is 0 Å². The summed E-state index contributed by atoms with van der Waals surface area (Å²) in [6.45, 7) is 9.53. The maximum Gasteiger partial charge on any atom is 0.0503 e. The van der Waals surface area contributed by atoms with E-state index in [0.29, 0.717) is 17.9 Å². The van der Waals surface area contributed by atoms with Crippen LogP contribution in [0.25, 0.3) is 0 Å². The summed E-state index contributed by atoms with van der Waals surface area (Å²) in [6, 6.07) is 1.27. The number of hydrogen-bond acceptors (Lipinski definition) is 3. The summed E-state index contributed by atoms with van der Waals surface area (Å²) in [5.74, 6) is 1.23. The molecule has 16 heavy (non-hydrogen) atoms. The molecule has 0 amide bonds. The summed E-state index contributed by atoms with van der Waals surface area (Å²) in [4.78, 5) is 2.62. The molecule has 2 N–H and O–H groups in total. The molecule has 1 fully saturated rings. The first-order valence-corrected chi connectivity index (χ1v) is 6.54. The number of methoxy groups -OCH3 is 1. The van der Waals surface area contributed by atoms with Crippen molar-refractivity contribution in [2.45, 2.75) is 45.7 Å². The van der Waals surface area contributed by atoms with Gasteiger partial charge in [-0.15, -0.1) is 0 Å². The van der Waals surface area contributed by atoms with Crippen LogP contribution < -0.4 is 5.73 Å². The Kier molecular flexibility index (Phi) is 5.73. The van der Waals surface area contributed by atoms with Crippen molar-refractivity contribution >= 4 is 0 Å². The summed E-state index contributed by atoms with van der Waals surface area (Å²) >= 11 is 0. The van der Waals surface area contributed by atoms with Crippen LogP contribution in [0.15, 0.2) is 0 Å². The van der Waals surface area contributed by atoms with Crippen molar-refractivity contribution in [2.75, 3.05) is 26.8 Å². The first-order chi connectivity index (χ1) is 7.60. The summed E-state index contributed by atoms with van der Waals surface area (Å²) in [6.07, 6.45) is 2.70. The third-order valence-corrected chi connectivity index (χ3v) is 3.35. The highest BCUT2D eigenvalue weighted by molar-refractivity contribution is 4.91. The third kappa shape index (κ3) is 4.04. The van der Waals surface area contributed by atoms with Gasteiger partial charge in [-0.1, -0.05) is 20.8 Å². The molecule has 0 saturated heterocycles. The molecule has 2 atom stereocenters. The predicted molar refractivity (Wildman–Crippen MR) is 68.4 cm³/mol. The molecule has 1 saturated carbocycles. The lowest BCUT2D eigenvalue weighted by Gasteiger charge is -2.36. The molecule has 3 heteroatoms. The highest BCUT2D eigenvalue weighted by Crippen LogP contribution is 2.31. The molecular formula is C13H28N2O. The Balaban J connectivity index is 2.57. The van der Waals surface area contributed by atoms with Crippen LogP contribution in [0.2, 0.25) is 0 Å². The van der Waals surface area contributed by atoms with E-state index in [4.69, 9.17) is 10.5 Å². The van der Waals surface area contributed by atoms with E-state index in [1.54, 1.807) is 7.11 Å². The molecule has 0 aromatic heterocycles. The van der Waals surface area contributed by atoms with Crippen LogP contribution in [-0.4, -0.2) is 43.8 Å². The Morgan fingerprint density at radius 3 is 2.31 bits per heavy atom. The van der Waals surface area contributed by atoms with Crippen LogP contribution in [0.3, 0.4) is 0 Å². The van der Waals surface area contributed by atoms with Crippen molar-refractivity contribution < 1.29 is 4.74 Å². The standard InChI is InChI=1S/C13H28N2O/c1-10(2)8-15(12-5-6-12)13(7-14)11(3)9-16-4/h10-13H,5-9,14H2,1-4H3. The van der Waals surface area contributed by atoms with Crippen LogP contribution >= 0.6 is 0 Å². The molecule has 0 radical (unpaired) electrons. The highest BCUT2D eigenvalue weighted by atomic mass is 16.5. The molecular weight excluding hydrogens is 200 g/mol. The third-order valence-electron chi connectivity index (χ3n) is 3.35. The van der Waals surface area contributed by atoms with Crippen LogP contribution in [0.1, 0.15) is 33.6 Å². The van der Waals surface area contributed by atoms with Gasteiger partial charge in [-0.25, -0.2) is 0 Å². The molecule has 0 heterocycles. The maximum absolute atomic E-state index is 5.95. The second kappa shape index (κ2) is 6.58. The second-order valence-electron chi connectivity index (χ2n) is 5.56. The molecule has 1 rings (SSSR count). The first-order valence-electron chi connectivity index (χ1n) is 6.54. The number of ether oxygens (including phenoxy) is 1. The van der Waals surface area contributed by atoms with Gasteiger partial charge in [0.15, 0.2) is 0 Å². The van der Waals surface area contributed by atoms with Gasteiger partial charge in [-0.2, -0.15) is 0 Å². The Hall–Kier alpha value is -0.120. The van der Waals surface area contributed by atoms with Gasteiger partial charge in [0.25, 0.3) is 0 Å². The van der Waals surface area contributed by atoms with Crippen LogP contribution in [0, 0.1) is 11.8 Å². The van der Waals surface area contributed by atoms with Gasteiger partial charge in [0.2, 0.25) is 0 Å². The van der Waals surface area contributed by atoms with Crippen LogP contribution in [0.5, 0.6) is 0 Å². The van der Waals surface area contributed by atoms with Gasteiger partial charge >= 0.3 is 0 Å². The van der Waals surface area contributed by atoms with Crippen molar-refractivity contribution in [1.29, 1.82) is 0 Å². The van der Waals surface area contributed by atoms with Gasteiger partial charge in [-0.05, 0) is 24.7 Å². The summed E-state index contributed by atoms with van der Waals surface area (Å²) in [5.41, 5.74) is 5.95. The number of hydrogen-bond donors (Lipinski definition) is 1. The van der Waals surface area contributed by atoms with Gasteiger partial charge in [0.05, 0.1) is 6.61 Å². The average Bonchev–Trinajstić information content (AvgIpc) is 3.00. The number of rotatable bonds is 8. The topological polar surface area (TPSA) is 38.5 Å². The molecule has 96 valence electrons. The zero-order valence-electron chi connectivity index (χ0n) is 11.3. The van der Waals surface area contributed by atoms with Crippen molar-refractivity contribution in [1.82, 2.24) is 4.90 Å². The zero-order chi connectivity index (χ0) is 12.1. The Labute approximate surface area is 100 Å². The smallest absolute Gasteiger partial charge is 0.0503 e. The minimum absolute atomic E-state index is 0.481. The van der Waals surface area contributed by atoms with Gasteiger partial charge in [0.1, 0.15) is 0 Å². The summed E-state index contributed by atoms with van der Waals surface area (Å²) in [7, 11) is 1.77. The first kappa shape index (κ1) is 13.9. The van der Waals surface area contributed by atoms with E-state index in [2.05, 4.69) is 25.7 Å². The summed E-state index contributed by atoms with van der Waals surface area (Å²) < 4.78 is 5.26. The number of nitrogens with zero attached hydrogens (tertiary/aromatic N) is 1. The quantitative estimate of drug-likeness (QED) is 0.687.